The molecule has 11 rings (SSSR count). The smallest absolute Gasteiger partial charge is 0.234 e. The molecule has 0 atom stereocenters. The van der Waals surface area contributed by atoms with E-state index >= 15 is 0 Å². The third-order valence-corrected chi connectivity index (χ3v) is 9.94. The largest absolute Gasteiger partial charge is 0.438 e. The molecule has 0 fully saturated rings. The normalized spacial score (nSPS) is 13.2. The molecule has 0 aliphatic heterocycles. The van der Waals surface area contributed by atoms with Gasteiger partial charge in [0.2, 0.25) is 23.0 Å². The predicted octanol–water partition coefficient (Wildman–Crippen LogP) is 8.78. The summed E-state index contributed by atoms with van der Waals surface area (Å²) in [6.45, 7) is 4.02. The van der Waals surface area contributed by atoms with Gasteiger partial charge in [0.25, 0.3) is 0 Å². The van der Waals surface area contributed by atoms with Crippen LogP contribution in [0.5, 0.6) is 0 Å². The Kier molecular flexibility index (Phi) is 5.36. The molecule has 0 N–H and O–H groups in total. The second-order valence-electron chi connectivity index (χ2n) is 12.6. The number of aromatic nitrogens is 6. The van der Waals surface area contributed by atoms with Gasteiger partial charge in [-0.15, -0.1) is 0 Å². The Bertz CT molecular complexity index is 3280. The number of hydrogen-bond donors (Lipinski definition) is 0. The Labute approximate surface area is 283 Å². The number of hydrogen-bond acceptors (Lipinski definition) is 4. The molecular formula is C42H28N6O2. The maximum atomic E-state index is 6.42. The Hall–Kier alpha value is -6.80. The van der Waals surface area contributed by atoms with Gasteiger partial charge in [-0.25, -0.2) is 18.8 Å². The highest BCUT2D eigenvalue weighted by atomic mass is 16.3. The summed E-state index contributed by atoms with van der Waals surface area (Å²) in [5.74, 6) is 1.62. The highest BCUT2D eigenvalue weighted by molar-refractivity contribution is 6.05. The van der Waals surface area contributed by atoms with Gasteiger partial charge >= 0.3 is 0 Å². The van der Waals surface area contributed by atoms with Crippen molar-refractivity contribution in [1.29, 1.82) is 0 Å². The minimum atomic E-state index is 0.746. The van der Waals surface area contributed by atoms with Crippen molar-refractivity contribution in [3.63, 3.8) is 0 Å². The van der Waals surface area contributed by atoms with E-state index in [9.17, 15) is 0 Å². The first-order valence-corrected chi connectivity index (χ1v) is 16.8. The minimum absolute atomic E-state index is 0.746. The molecule has 0 unspecified atom stereocenters. The molecule has 0 radical (unpaired) electrons. The number of imidazole rings is 4. The van der Waals surface area contributed by atoms with E-state index in [1.807, 2.05) is 50.3 Å². The van der Waals surface area contributed by atoms with Crippen LogP contribution >= 0.6 is 0 Å². The monoisotopic (exact) mass is 648 g/mol. The van der Waals surface area contributed by atoms with Gasteiger partial charge < -0.3 is 8.83 Å². The Morgan fingerprint density at radius 1 is 0.520 bits per heavy atom. The summed E-state index contributed by atoms with van der Waals surface area (Å²) in [6, 6.07) is 42.1. The molecule has 0 aliphatic carbocycles. The molecular weight excluding hydrogens is 621 g/mol. The first-order valence-electron chi connectivity index (χ1n) is 16.8. The molecule has 50 heavy (non-hydrogen) atoms. The number of fused-ring (bicyclic) bond motifs is 12. The number of furan rings is 2. The van der Waals surface area contributed by atoms with Gasteiger partial charge in [0.15, 0.2) is 0 Å². The van der Waals surface area contributed by atoms with Crippen LogP contribution < -0.4 is 10.6 Å². The van der Waals surface area contributed by atoms with Crippen LogP contribution in [0.2, 0.25) is 0 Å². The van der Waals surface area contributed by atoms with Crippen molar-refractivity contribution < 1.29 is 8.83 Å². The summed E-state index contributed by atoms with van der Waals surface area (Å²) in [4.78, 5) is 10.3. The molecule has 0 spiro atoms. The fourth-order valence-corrected chi connectivity index (χ4v) is 7.71. The van der Waals surface area contributed by atoms with E-state index < -0.39 is 0 Å². The molecule has 8 nitrogen and oxygen atoms in total. The second kappa shape index (κ2) is 9.87. The van der Waals surface area contributed by atoms with Crippen molar-refractivity contribution in [3.05, 3.63) is 132 Å². The zero-order valence-corrected chi connectivity index (χ0v) is 27.2. The maximum Gasteiger partial charge on any atom is 0.234 e. The van der Waals surface area contributed by atoms with E-state index in [0.29, 0.717) is 0 Å². The van der Waals surface area contributed by atoms with Gasteiger partial charge in [-0.1, -0.05) is 66.7 Å². The van der Waals surface area contributed by atoms with E-state index in [0.717, 1.165) is 100 Å². The Morgan fingerprint density at radius 3 is 1.64 bits per heavy atom. The zero-order chi connectivity index (χ0) is 33.1. The third kappa shape index (κ3) is 3.49. The average molecular weight is 649 g/mol. The average Bonchev–Trinajstić information content (AvgIpc) is 3.98. The van der Waals surface area contributed by atoms with Crippen molar-refractivity contribution in [2.45, 2.75) is 13.8 Å². The topological polar surface area (TPSA) is 70.7 Å². The van der Waals surface area contributed by atoms with Crippen LogP contribution in [0, 0.1) is 0 Å². The van der Waals surface area contributed by atoms with Crippen LogP contribution in [0.3, 0.4) is 0 Å². The number of rotatable bonds is 3. The van der Waals surface area contributed by atoms with Crippen LogP contribution in [-0.4, -0.2) is 27.9 Å². The lowest BCUT2D eigenvalue weighted by atomic mass is 10.0. The molecule has 238 valence electrons. The molecule has 8 heteroatoms. The van der Waals surface area contributed by atoms with E-state index in [1.54, 1.807) is 0 Å². The second-order valence-corrected chi connectivity index (χ2v) is 12.6. The van der Waals surface area contributed by atoms with Crippen molar-refractivity contribution >= 4 is 79.2 Å². The lowest BCUT2D eigenvalue weighted by molar-refractivity contribution is 0.561. The highest BCUT2D eigenvalue weighted by Gasteiger charge is 2.24. The zero-order valence-electron chi connectivity index (χ0n) is 27.2. The Balaban J connectivity index is 1.19. The summed E-state index contributed by atoms with van der Waals surface area (Å²) in [6.07, 6.45) is 4.06. The standard InChI is InChI=1S/C42H28N6O2/c1-3-29-35(4-2)49-39-37(29)43-41-45(27-13-7-5-8-14-27)33-23-25(19-21-31(33)47(39)41)26-20-22-32-34(24-26)46(28-15-9-6-10-16-28)42-44-38-30-17-11-12-18-36(30)50-40(38)48(32)42/h3-24H,1-2H3/b29-3+,35-4+. The van der Waals surface area contributed by atoms with Crippen molar-refractivity contribution in [3.8, 4) is 22.5 Å². The van der Waals surface area contributed by atoms with E-state index in [2.05, 4.69) is 115 Å². The summed E-state index contributed by atoms with van der Waals surface area (Å²) < 4.78 is 21.6. The Morgan fingerprint density at radius 2 is 1.06 bits per heavy atom. The number of para-hydroxylation sites is 3. The van der Waals surface area contributed by atoms with Gasteiger partial charge in [-0.2, -0.15) is 0 Å². The van der Waals surface area contributed by atoms with Crippen molar-refractivity contribution in [1.82, 2.24) is 27.9 Å². The molecule has 6 aromatic heterocycles. The van der Waals surface area contributed by atoms with E-state index in [4.69, 9.17) is 18.8 Å². The molecule has 5 aromatic carbocycles. The molecule has 0 saturated carbocycles. The number of nitrogens with zero attached hydrogens (tertiary/aromatic N) is 6. The lowest BCUT2D eigenvalue weighted by Crippen LogP contribution is -2.19. The molecule has 0 bridgehead atoms. The molecule has 0 amide bonds. The summed E-state index contributed by atoms with van der Waals surface area (Å²) in [5, 5.41) is 2.02. The fourth-order valence-electron chi connectivity index (χ4n) is 7.71. The third-order valence-electron chi connectivity index (χ3n) is 9.94. The SMILES string of the molecule is C/C=c1\c(=C/C)oc2c1nc1n(-c3ccccc3)c3cc(-c4ccc5c(c4)n(-c4ccccc4)c4nc6c7ccccc7oc6n54)ccc3n21. The van der Waals surface area contributed by atoms with Gasteiger partial charge in [0, 0.05) is 22.0 Å². The van der Waals surface area contributed by atoms with E-state index in [1.165, 1.54) is 0 Å². The lowest BCUT2D eigenvalue weighted by Gasteiger charge is -2.09. The first kappa shape index (κ1) is 27.2. The summed E-state index contributed by atoms with van der Waals surface area (Å²) in [7, 11) is 0. The van der Waals surface area contributed by atoms with Crippen LogP contribution in [0.1, 0.15) is 13.8 Å². The number of benzene rings is 5. The summed E-state index contributed by atoms with van der Waals surface area (Å²) in [5.41, 5.74) is 13.2. The van der Waals surface area contributed by atoms with Crippen LogP contribution in [0.4, 0.5) is 0 Å². The molecule has 6 heterocycles. The first-order chi connectivity index (χ1) is 24.7. The quantitative estimate of drug-likeness (QED) is 0.192. The van der Waals surface area contributed by atoms with Crippen molar-refractivity contribution in [2.24, 2.45) is 0 Å². The minimum Gasteiger partial charge on any atom is -0.438 e. The predicted molar refractivity (Wildman–Crippen MR) is 200 cm³/mol. The molecule has 0 aliphatic rings. The molecule has 11 aromatic rings. The molecule has 0 saturated heterocycles. The van der Waals surface area contributed by atoms with Crippen LogP contribution in [0.15, 0.2) is 130 Å². The highest BCUT2D eigenvalue weighted by Crippen LogP contribution is 2.37. The van der Waals surface area contributed by atoms with E-state index in [-0.39, 0.29) is 0 Å². The van der Waals surface area contributed by atoms with Crippen LogP contribution in [-0.2, 0) is 0 Å². The maximum absolute atomic E-state index is 6.42. The van der Waals surface area contributed by atoms with Gasteiger partial charge in [0.05, 0.1) is 22.1 Å². The van der Waals surface area contributed by atoms with Crippen LogP contribution in [0.25, 0.3) is 102 Å². The van der Waals surface area contributed by atoms with Gasteiger partial charge in [0.1, 0.15) is 22.0 Å². The van der Waals surface area contributed by atoms with Gasteiger partial charge in [-0.05, 0) is 91.7 Å². The summed E-state index contributed by atoms with van der Waals surface area (Å²) >= 11 is 0. The van der Waals surface area contributed by atoms with Crippen molar-refractivity contribution in [2.75, 3.05) is 0 Å². The fraction of sp³-hybridized carbons (Fsp3) is 0.0476. The van der Waals surface area contributed by atoms with Gasteiger partial charge in [-0.3, -0.25) is 9.13 Å².